The number of carbonyl (C=O) groups is 2. The first kappa shape index (κ1) is 20.9. The summed E-state index contributed by atoms with van der Waals surface area (Å²) >= 11 is 0. The summed E-state index contributed by atoms with van der Waals surface area (Å²) in [6.07, 6.45) is 1.67. The van der Waals surface area contributed by atoms with E-state index in [1.807, 2.05) is 43.3 Å². The van der Waals surface area contributed by atoms with Crippen LogP contribution in [0.25, 0.3) is 0 Å². The van der Waals surface area contributed by atoms with E-state index in [1.54, 1.807) is 12.1 Å². The molecule has 0 unspecified atom stereocenters. The minimum absolute atomic E-state index is 0. The number of aryl methyl sites for hydroxylation is 1. The summed E-state index contributed by atoms with van der Waals surface area (Å²) in [4.78, 5) is 25.1. The summed E-state index contributed by atoms with van der Waals surface area (Å²) in [5.74, 6) is -0.156. The van der Waals surface area contributed by atoms with E-state index in [9.17, 15) is 9.59 Å². The Labute approximate surface area is 166 Å². The van der Waals surface area contributed by atoms with Crippen LogP contribution in [0, 0.1) is 12.8 Å². The Bertz CT molecular complexity index is 795. The molecular weight excluding hydrogens is 362 g/mol. The maximum absolute atomic E-state index is 12.6. The second kappa shape index (κ2) is 9.53. The van der Waals surface area contributed by atoms with Crippen LogP contribution < -0.4 is 16.0 Å². The topological polar surface area (TPSA) is 70.2 Å². The second-order valence-corrected chi connectivity index (χ2v) is 6.92. The van der Waals surface area contributed by atoms with Crippen molar-refractivity contribution < 1.29 is 9.59 Å². The molecule has 2 aromatic carbocycles. The lowest BCUT2D eigenvalue weighted by molar-refractivity contribution is -0.120. The zero-order chi connectivity index (χ0) is 18.5. The fraction of sp³-hybridized carbons (Fsp3) is 0.333. The van der Waals surface area contributed by atoms with E-state index in [-0.39, 0.29) is 30.1 Å². The number of carbonyl (C=O) groups excluding carboxylic acids is 2. The van der Waals surface area contributed by atoms with Crippen molar-refractivity contribution in [2.75, 3.05) is 17.2 Å². The molecule has 0 saturated carbocycles. The average Bonchev–Trinajstić information content (AvgIpc) is 2.64. The molecule has 27 heavy (non-hydrogen) atoms. The number of anilines is 2. The molecule has 1 saturated heterocycles. The van der Waals surface area contributed by atoms with Gasteiger partial charge in [-0.1, -0.05) is 24.3 Å². The highest BCUT2D eigenvalue weighted by atomic mass is 35.5. The molecule has 1 fully saturated rings. The van der Waals surface area contributed by atoms with Gasteiger partial charge >= 0.3 is 0 Å². The molecule has 1 aliphatic heterocycles. The van der Waals surface area contributed by atoms with Gasteiger partial charge in [0.25, 0.3) is 5.91 Å². The Morgan fingerprint density at radius 2 is 1.81 bits per heavy atom. The van der Waals surface area contributed by atoms with Gasteiger partial charge in [-0.15, -0.1) is 12.4 Å². The fourth-order valence-electron chi connectivity index (χ4n) is 3.23. The molecule has 3 rings (SSSR count). The van der Waals surface area contributed by atoms with Crippen LogP contribution in [0.3, 0.4) is 0 Å². The number of para-hydroxylation sites is 1. The van der Waals surface area contributed by atoms with Crippen LogP contribution in [0.15, 0.2) is 48.5 Å². The molecule has 2 aromatic rings. The summed E-state index contributed by atoms with van der Waals surface area (Å²) in [5, 5.41) is 9.24. The monoisotopic (exact) mass is 387 g/mol. The van der Waals surface area contributed by atoms with Gasteiger partial charge in [-0.05, 0) is 63.1 Å². The Hall–Kier alpha value is -2.37. The van der Waals surface area contributed by atoms with E-state index in [2.05, 4.69) is 22.9 Å². The highest BCUT2D eigenvalue weighted by Gasteiger charge is 2.25. The van der Waals surface area contributed by atoms with E-state index < -0.39 is 0 Å². The molecule has 6 heteroatoms. The van der Waals surface area contributed by atoms with Gasteiger partial charge in [0.15, 0.2) is 0 Å². The predicted molar refractivity (Wildman–Crippen MR) is 112 cm³/mol. The largest absolute Gasteiger partial charge is 0.326 e. The van der Waals surface area contributed by atoms with Crippen molar-refractivity contribution in [3.63, 3.8) is 0 Å². The number of hydrogen-bond acceptors (Lipinski definition) is 3. The first-order valence-corrected chi connectivity index (χ1v) is 9.04. The third kappa shape index (κ3) is 5.55. The first-order valence-electron chi connectivity index (χ1n) is 9.04. The van der Waals surface area contributed by atoms with E-state index in [0.717, 1.165) is 30.6 Å². The number of hydrogen-bond donors (Lipinski definition) is 3. The number of halogens is 1. The molecule has 0 aliphatic carbocycles. The normalized spacial score (nSPS) is 18.9. The maximum Gasteiger partial charge on any atom is 0.255 e. The standard InChI is InChI=1S/C21H25N3O2.ClH/c1-14-8-9-16(20(25)23-18-6-4-3-5-7-18)13-19(14)24-21(26)17-10-11-22-15(2)12-17;/h3-9,13,15,17,22H,10-12H2,1-2H3,(H,23,25)(H,24,26);1H/t15-,17-;/m0./s1. The van der Waals surface area contributed by atoms with E-state index in [4.69, 9.17) is 0 Å². The van der Waals surface area contributed by atoms with Crippen molar-refractivity contribution in [1.29, 1.82) is 0 Å². The van der Waals surface area contributed by atoms with Gasteiger partial charge in [-0.2, -0.15) is 0 Å². The van der Waals surface area contributed by atoms with Gasteiger partial charge < -0.3 is 16.0 Å². The predicted octanol–water partition coefficient (Wildman–Crippen LogP) is 4.00. The van der Waals surface area contributed by atoms with Crippen LogP contribution in [-0.4, -0.2) is 24.4 Å². The van der Waals surface area contributed by atoms with Crippen molar-refractivity contribution in [1.82, 2.24) is 5.32 Å². The molecule has 5 nitrogen and oxygen atoms in total. The molecule has 144 valence electrons. The molecule has 0 bridgehead atoms. The minimum atomic E-state index is -0.192. The molecule has 3 N–H and O–H groups in total. The summed E-state index contributed by atoms with van der Waals surface area (Å²) in [5.41, 5.74) is 2.90. The third-order valence-corrected chi connectivity index (χ3v) is 4.78. The van der Waals surface area contributed by atoms with E-state index in [0.29, 0.717) is 17.3 Å². The number of piperidine rings is 1. The number of benzene rings is 2. The second-order valence-electron chi connectivity index (χ2n) is 6.92. The average molecular weight is 388 g/mol. The Balaban J connectivity index is 0.00000261. The number of rotatable bonds is 4. The quantitative estimate of drug-likeness (QED) is 0.742. The Morgan fingerprint density at radius 3 is 2.52 bits per heavy atom. The summed E-state index contributed by atoms with van der Waals surface area (Å²) in [6, 6.07) is 15.1. The van der Waals surface area contributed by atoms with Crippen LogP contribution in [0.1, 0.15) is 35.7 Å². The van der Waals surface area contributed by atoms with Gasteiger partial charge in [0.1, 0.15) is 0 Å². The fourth-order valence-corrected chi connectivity index (χ4v) is 3.23. The highest BCUT2D eigenvalue weighted by molar-refractivity contribution is 6.05. The van der Waals surface area contributed by atoms with Gasteiger partial charge in [0.05, 0.1) is 0 Å². The van der Waals surface area contributed by atoms with Crippen LogP contribution in [0.5, 0.6) is 0 Å². The maximum atomic E-state index is 12.6. The van der Waals surface area contributed by atoms with E-state index >= 15 is 0 Å². The Kier molecular flexibility index (Phi) is 7.39. The van der Waals surface area contributed by atoms with Crippen LogP contribution in [-0.2, 0) is 4.79 Å². The van der Waals surface area contributed by atoms with Crippen molar-refractivity contribution in [3.8, 4) is 0 Å². The molecule has 2 atom stereocenters. The number of nitrogens with one attached hydrogen (secondary N) is 3. The molecule has 0 aromatic heterocycles. The zero-order valence-electron chi connectivity index (χ0n) is 15.6. The zero-order valence-corrected chi connectivity index (χ0v) is 16.4. The molecule has 0 radical (unpaired) electrons. The van der Waals surface area contributed by atoms with Crippen LogP contribution >= 0.6 is 12.4 Å². The van der Waals surface area contributed by atoms with E-state index in [1.165, 1.54) is 0 Å². The van der Waals surface area contributed by atoms with Crippen LogP contribution in [0.2, 0.25) is 0 Å². The first-order chi connectivity index (χ1) is 12.5. The number of amides is 2. The molecule has 1 aliphatic rings. The van der Waals surface area contributed by atoms with Crippen LogP contribution in [0.4, 0.5) is 11.4 Å². The van der Waals surface area contributed by atoms with Crippen molar-refractivity contribution in [3.05, 3.63) is 59.7 Å². The Morgan fingerprint density at radius 1 is 1.07 bits per heavy atom. The molecule has 2 amide bonds. The van der Waals surface area contributed by atoms with Gasteiger partial charge in [0.2, 0.25) is 5.91 Å². The van der Waals surface area contributed by atoms with Gasteiger partial charge in [-0.3, -0.25) is 9.59 Å². The lowest BCUT2D eigenvalue weighted by Gasteiger charge is -2.27. The lowest BCUT2D eigenvalue weighted by atomic mass is 9.92. The van der Waals surface area contributed by atoms with Crippen molar-refractivity contribution in [2.24, 2.45) is 5.92 Å². The molecule has 0 spiro atoms. The minimum Gasteiger partial charge on any atom is -0.326 e. The van der Waals surface area contributed by atoms with Gasteiger partial charge in [-0.25, -0.2) is 0 Å². The van der Waals surface area contributed by atoms with Crippen molar-refractivity contribution >= 4 is 35.6 Å². The summed E-state index contributed by atoms with van der Waals surface area (Å²) in [7, 11) is 0. The third-order valence-electron chi connectivity index (χ3n) is 4.78. The summed E-state index contributed by atoms with van der Waals surface area (Å²) in [6.45, 7) is 4.89. The lowest BCUT2D eigenvalue weighted by Crippen LogP contribution is -2.40. The van der Waals surface area contributed by atoms with Gasteiger partial charge in [0, 0.05) is 28.9 Å². The molecular formula is C21H26ClN3O2. The molecule has 1 heterocycles. The smallest absolute Gasteiger partial charge is 0.255 e. The SMILES string of the molecule is Cc1ccc(C(=O)Nc2ccccc2)cc1NC(=O)[C@H]1CCN[C@@H](C)C1.Cl. The summed E-state index contributed by atoms with van der Waals surface area (Å²) < 4.78 is 0. The van der Waals surface area contributed by atoms with Crippen molar-refractivity contribution in [2.45, 2.75) is 32.7 Å². The highest BCUT2D eigenvalue weighted by Crippen LogP contribution is 2.22.